The van der Waals surface area contributed by atoms with Crippen molar-refractivity contribution in [2.75, 3.05) is 5.32 Å². The average Bonchev–Trinajstić information content (AvgIpc) is 2.96. The highest BCUT2D eigenvalue weighted by Gasteiger charge is 2.22. The highest BCUT2D eigenvalue weighted by Crippen LogP contribution is 2.39. The number of aromatic nitrogens is 2. The molecule has 0 aliphatic carbocycles. The maximum atomic E-state index is 6.11. The van der Waals surface area contributed by atoms with Gasteiger partial charge in [0.15, 0.2) is 0 Å². The Balaban J connectivity index is 1.77. The van der Waals surface area contributed by atoms with Crippen molar-refractivity contribution in [3.05, 3.63) is 89.6 Å². The van der Waals surface area contributed by atoms with Gasteiger partial charge in [-0.25, -0.2) is 4.68 Å². The van der Waals surface area contributed by atoms with Gasteiger partial charge in [-0.1, -0.05) is 54.1 Å². The highest BCUT2D eigenvalue weighted by atomic mass is 35.5. The second-order valence-electron chi connectivity index (χ2n) is 6.26. The van der Waals surface area contributed by atoms with Gasteiger partial charge in [0, 0.05) is 10.6 Å². The first-order chi connectivity index (χ1) is 13.3. The van der Waals surface area contributed by atoms with Crippen molar-refractivity contribution in [3.63, 3.8) is 0 Å². The number of aliphatic imine (C=N–C) groups is 1. The van der Waals surface area contributed by atoms with Gasteiger partial charge in [-0.05, 0) is 36.4 Å². The number of hydrogen-bond acceptors (Lipinski definition) is 3. The largest absolute Gasteiger partial charge is 0.350 e. The monoisotopic (exact) mass is 370 g/mol. The predicted molar refractivity (Wildman–Crippen MR) is 111 cm³/mol. The van der Waals surface area contributed by atoms with Gasteiger partial charge >= 0.3 is 0 Å². The third kappa shape index (κ3) is 2.80. The fourth-order valence-electron chi connectivity index (χ4n) is 3.24. The van der Waals surface area contributed by atoms with E-state index >= 15 is 0 Å². The zero-order chi connectivity index (χ0) is 18.2. The minimum atomic E-state index is 0.704. The molecule has 5 heteroatoms. The minimum absolute atomic E-state index is 0.704. The highest BCUT2D eigenvalue weighted by molar-refractivity contribution is 6.30. The molecule has 0 fully saturated rings. The second kappa shape index (κ2) is 6.41. The summed E-state index contributed by atoms with van der Waals surface area (Å²) in [6.07, 6.45) is 1.81. The van der Waals surface area contributed by atoms with Crippen LogP contribution in [0.2, 0.25) is 5.02 Å². The van der Waals surface area contributed by atoms with E-state index in [9.17, 15) is 0 Å². The van der Waals surface area contributed by atoms with Crippen LogP contribution in [0.25, 0.3) is 16.9 Å². The Bertz CT molecular complexity index is 1140. The van der Waals surface area contributed by atoms with E-state index in [0.717, 1.165) is 39.7 Å². The molecular formula is C22H15ClN4. The van der Waals surface area contributed by atoms with E-state index in [1.807, 2.05) is 89.8 Å². The number of anilines is 2. The molecule has 0 atom stereocenters. The number of hydrogen-bond donors (Lipinski definition) is 1. The molecule has 0 unspecified atom stereocenters. The van der Waals surface area contributed by atoms with E-state index in [-0.39, 0.29) is 0 Å². The molecular weight excluding hydrogens is 356 g/mol. The quantitative estimate of drug-likeness (QED) is 0.414. The maximum absolute atomic E-state index is 6.11. The number of rotatable bonds is 2. The molecule has 1 N–H and O–H groups in total. The molecule has 1 aliphatic rings. The molecule has 3 aromatic carbocycles. The van der Waals surface area contributed by atoms with Gasteiger partial charge in [0.25, 0.3) is 0 Å². The first kappa shape index (κ1) is 15.9. The topological polar surface area (TPSA) is 42.2 Å². The lowest BCUT2D eigenvalue weighted by atomic mass is 10.1. The zero-order valence-electron chi connectivity index (χ0n) is 14.3. The molecule has 5 rings (SSSR count). The molecule has 0 saturated carbocycles. The van der Waals surface area contributed by atoms with Crippen LogP contribution in [-0.2, 0) is 0 Å². The van der Waals surface area contributed by atoms with E-state index in [4.69, 9.17) is 16.7 Å². The summed E-state index contributed by atoms with van der Waals surface area (Å²) in [4.78, 5) is 4.60. The van der Waals surface area contributed by atoms with E-state index in [0.29, 0.717) is 5.02 Å². The summed E-state index contributed by atoms with van der Waals surface area (Å²) in [6.45, 7) is 0. The molecule has 1 aromatic heterocycles. The van der Waals surface area contributed by atoms with Gasteiger partial charge in [-0.2, -0.15) is 5.10 Å². The van der Waals surface area contributed by atoms with Crippen molar-refractivity contribution >= 4 is 34.9 Å². The maximum Gasteiger partial charge on any atom is 0.128 e. The fourth-order valence-corrected chi connectivity index (χ4v) is 3.36. The van der Waals surface area contributed by atoms with Gasteiger partial charge in [-0.15, -0.1) is 0 Å². The Labute approximate surface area is 161 Å². The number of nitrogens with zero attached hydrogens (tertiary/aromatic N) is 3. The Morgan fingerprint density at radius 1 is 0.815 bits per heavy atom. The van der Waals surface area contributed by atoms with Crippen LogP contribution >= 0.6 is 11.6 Å². The molecule has 0 amide bonds. The SMILES string of the molecule is Clc1ccc(-c2c3c(nn2-c2ccccc2)C=Nc2ccccc2N3)cc1. The molecule has 130 valence electrons. The molecule has 1 aliphatic heterocycles. The summed E-state index contributed by atoms with van der Waals surface area (Å²) in [6, 6.07) is 25.9. The van der Waals surface area contributed by atoms with Crippen molar-refractivity contribution in [2.45, 2.75) is 0 Å². The van der Waals surface area contributed by atoms with E-state index in [1.165, 1.54) is 0 Å². The molecule has 4 nitrogen and oxygen atoms in total. The molecule has 0 saturated heterocycles. The first-order valence-corrected chi connectivity index (χ1v) is 9.02. The fraction of sp³-hybridized carbons (Fsp3) is 0. The van der Waals surface area contributed by atoms with Crippen molar-refractivity contribution in [1.29, 1.82) is 0 Å². The molecule has 4 aromatic rings. The summed E-state index contributed by atoms with van der Waals surface area (Å²) in [5.41, 5.74) is 6.54. The summed E-state index contributed by atoms with van der Waals surface area (Å²) in [7, 11) is 0. The lowest BCUT2D eigenvalue weighted by Crippen LogP contribution is -2.00. The summed E-state index contributed by atoms with van der Waals surface area (Å²) in [5, 5.41) is 9.07. The molecule has 27 heavy (non-hydrogen) atoms. The summed E-state index contributed by atoms with van der Waals surface area (Å²) >= 11 is 6.11. The van der Waals surface area contributed by atoms with Crippen molar-refractivity contribution in [1.82, 2.24) is 9.78 Å². The van der Waals surface area contributed by atoms with Gasteiger partial charge in [0.1, 0.15) is 5.69 Å². The van der Waals surface area contributed by atoms with Crippen LogP contribution in [-0.4, -0.2) is 16.0 Å². The minimum Gasteiger partial charge on any atom is -0.350 e. The molecule has 0 radical (unpaired) electrons. The van der Waals surface area contributed by atoms with Gasteiger partial charge < -0.3 is 5.32 Å². The van der Waals surface area contributed by atoms with Crippen molar-refractivity contribution < 1.29 is 0 Å². The standard InChI is InChI=1S/C22H15ClN4/c23-16-12-10-15(11-13-16)22-21-20(26-27(22)17-6-2-1-3-7-17)14-24-18-8-4-5-9-19(18)25-21/h1-14,25H. The van der Waals surface area contributed by atoms with Gasteiger partial charge in [-0.3, -0.25) is 4.99 Å². The first-order valence-electron chi connectivity index (χ1n) is 8.64. The Morgan fingerprint density at radius 3 is 2.37 bits per heavy atom. The lowest BCUT2D eigenvalue weighted by molar-refractivity contribution is 0.884. The zero-order valence-corrected chi connectivity index (χ0v) is 15.1. The molecule has 0 bridgehead atoms. The summed E-state index contributed by atoms with van der Waals surface area (Å²) in [5.74, 6) is 0. The van der Waals surface area contributed by atoms with E-state index in [2.05, 4.69) is 10.3 Å². The van der Waals surface area contributed by atoms with Crippen LogP contribution < -0.4 is 5.32 Å². The van der Waals surface area contributed by atoms with Gasteiger partial charge in [0.2, 0.25) is 0 Å². The smallest absolute Gasteiger partial charge is 0.128 e. The van der Waals surface area contributed by atoms with E-state index in [1.54, 1.807) is 0 Å². The lowest BCUT2D eigenvalue weighted by Gasteiger charge is -2.12. The predicted octanol–water partition coefficient (Wildman–Crippen LogP) is 6.00. The summed E-state index contributed by atoms with van der Waals surface area (Å²) < 4.78 is 1.95. The number of para-hydroxylation sites is 3. The normalized spacial score (nSPS) is 12.0. The Morgan fingerprint density at radius 2 is 1.56 bits per heavy atom. The average molecular weight is 371 g/mol. The van der Waals surface area contributed by atoms with Crippen molar-refractivity contribution in [2.24, 2.45) is 4.99 Å². The Hall–Kier alpha value is -3.37. The van der Waals surface area contributed by atoms with Crippen LogP contribution in [0.4, 0.5) is 17.1 Å². The third-order valence-corrected chi connectivity index (χ3v) is 4.77. The number of halogens is 1. The van der Waals surface area contributed by atoms with Crippen LogP contribution in [0.5, 0.6) is 0 Å². The van der Waals surface area contributed by atoms with Crippen LogP contribution in [0.15, 0.2) is 83.9 Å². The third-order valence-electron chi connectivity index (χ3n) is 4.52. The second-order valence-corrected chi connectivity index (χ2v) is 6.70. The van der Waals surface area contributed by atoms with Gasteiger partial charge in [0.05, 0.1) is 34.7 Å². The molecule has 2 heterocycles. The molecule has 0 spiro atoms. The van der Waals surface area contributed by atoms with Crippen LogP contribution in [0.3, 0.4) is 0 Å². The number of fused-ring (bicyclic) bond motifs is 2. The van der Waals surface area contributed by atoms with Crippen LogP contribution in [0, 0.1) is 0 Å². The van der Waals surface area contributed by atoms with Crippen LogP contribution in [0.1, 0.15) is 5.69 Å². The van der Waals surface area contributed by atoms with Crippen molar-refractivity contribution in [3.8, 4) is 16.9 Å². The van der Waals surface area contributed by atoms with E-state index < -0.39 is 0 Å². The number of nitrogens with one attached hydrogen (secondary N) is 1. The Kier molecular flexibility index (Phi) is 3.77. The number of benzene rings is 3.